The molecule has 0 saturated carbocycles. The summed E-state index contributed by atoms with van der Waals surface area (Å²) in [5.41, 5.74) is 3.21. The fraction of sp³-hybridized carbons (Fsp3) is 0.615. The molecule has 1 amide bonds. The normalized spacial score (nSPS) is 15.3. The summed E-state index contributed by atoms with van der Waals surface area (Å²) < 4.78 is 4.61. The summed E-state index contributed by atoms with van der Waals surface area (Å²) in [5, 5.41) is 19.2. The van der Waals surface area contributed by atoms with Crippen LogP contribution in [0.15, 0.2) is 18.3 Å². The molecule has 0 radical (unpaired) electrons. The van der Waals surface area contributed by atoms with Crippen LogP contribution in [0.3, 0.4) is 0 Å². The van der Waals surface area contributed by atoms with Crippen LogP contribution < -0.4 is 5.32 Å². The number of aliphatic carboxylic acids is 1. The van der Waals surface area contributed by atoms with Crippen molar-refractivity contribution in [3.8, 4) is 0 Å². The number of aliphatic hydroxyl groups is 1. The maximum Gasteiger partial charge on any atom is 0.305 e. The van der Waals surface area contributed by atoms with Crippen molar-refractivity contribution < 1.29 is 29.3 Å². The molecule has 0 bridgehead atoms. The molecule has 0 aliphatic carbocycles. The molecule has 1 aliphatic heterocycles. The summed E-state index contributed by atoms with van der Waals surface area (Å²) in [6.07, 6.45) is 5.44. The SMILES string of the molecule is CC(O)CC(=O)O.COC(=O)CCCCC(=O)Nc1ccc2[nH]cc(C3CCN(C(C)C)CC3)c2n1. The Morgan fingerprint density at radius 2 is 1.83 bits per heavy atom. The van der Waals surface area contributed by atoms with Gasteiger partial charge in [0.15, 0.2) is 0 Å². The summed E-state index contributed by atoms with van der Waals surface area (Å²) in [6, 6.07) is 4.39. The van der Waals surface area contributed by atoms with E-state index in [1.54, 1.807) is 0 Å². The van der Waals surface area contributed by atoms with Gasteiger partial charge in [-0.05, 0) is 83.2 Å². The van der Waals surface area contributed by atoms with Crippen LogP contribution >= 0.6 is 0 Å². The number of aromatic amines is 1. The Morgan fingerprint density at radius 1 is 1.17 bits per heavy atom. The van der Waals surface area contributed by atoms with E-state index in [2.05, 4.69) is 40.0 Å². The number of aliphatic hydroxyl groups excluding tert-OH is 1. The van der Waals surface area contributed by atoms with E-state index in [0.717, 1.165) is 37.0 Å². The number of hydrogen-bond donors (Lipinski definition) is 4. The average Bonchev–Trinajstić information content (AvgIpc) is 3.24. The first kappa shape index (κ1) is 29.3. The molecule has 2 aromatic rings. The third kappa shape index (κ3) is 9.58. The molecule has 3 rings (SSSR count). The van der Waals surface area contributed by atoms with E-state index in [1.807, 2.05) is 12.1 Å². The second-order valence-electron chi connectivity index (χ2n) is 9.52. The van der Waals surface area contributed by atoms with Gasteiger partial charge in [-0.1, -0.05) is 0 Å². The van der Waals surface area contributed by atoms with Crippen LogP contribution in [0.25, 0.3) is 11.0 Å². The van der Waals surface area contributed by atoms with E-state index in [9.17, 15) is 14.4 Å². The van der Waals surface area contributed by atoms with Crippen molar-refractivity contribution in [2.75, 3.05) is 25.5 Å². The van der Waals surface area contributed by atoms with Gasteiger partial charge in [-0.25, -0.2) is 4.98 Å². The van der Waals surface area contributed by atoms with Gasteiger partial charge in [-0.2, -0.15) is 0 Å². The number of likely N-dealkylation sites (tertiary alicyclic amines) is 1. The number of hydrogen-bond acceptors (Lipinski definition) is 7. The van der Waals surface area contributed by atoms with Crippen LogP contribution in [0.4, 0.5) is 5.82 Å². The number of carbonyl (C=O) groups excluding carboxylic acids is 2. The van der Waals surface area contributed by atoms with Crippen molar-refractivity contribution in [3.63, 3.8) is 0 Å². The fourth-order valence-corrected chi connectivity index (χ4v) is 4.24. The summed E-state index contributed by atoms with van der Waals surface area (Å²) >= 11 is 0. The molecule has 1 saturated heterocycles. The Labute approximate surface area is 212 Å². The van der Waals surface area contributed by atoms with Crippen LogP contribution in [0.2, 0.25) is 0 Å². The zero-order valence-corrected chi connectivity index (χ0v) is 21.7. The minimum Gasteiger partial charge on any atom is -0.481 e. The lowest BCUT2D eigenvalue weighted by atomic mass is 9.90. The third-order valence-corrected chi connectivity index (χ3v) is 6.25. The third-order valence-electron chi connectivity index (χ3n) is 6.25. The second-order valence-corrected chi connectivity index (χ2v) is 9.52. The molecule has 36 heavy (non-hydrogen) atoms. The summed E-state index contributed by atoms with van der Waals surface area (Å²) in [4.78, 5) is 43.5. The number of esters is 1. The zero-order chi connectivity index (χ0) is 26.7. The molecule has 10 heteroatoms. The first-order valence-electron chi connectivity index (χ1n) is 12.6. The number of nitrogens with zero attached hydrogens (tertiary/aromatic N) is 2. The molecule has 0 spiro atoms. The lowest BCUT2D eigenvalue weighted by Crippen LogP contribution is -2.37. The Bertz CT molecular complexity index is 995. The zero-order valence-electron chi connectivity index (χ0n) is 21.7. The number of nitrogens with one attached hydrogen (secondary N) is 2. The molecule has 2 aromatic heterocycles. The Kier molecular flexibility index (Phi) is 11.8. The quantitative estimate of drug-likeness (QED) is 0.283. The first-order valence-corrected chi connectivity index (χ1v) is 12.6. The highest BCUT2D eigenvalue weighted by Crippen LogP contribution is 2.33. The molecule has 0 aromatic carbocycles. The molecule has 1 aliphatic rings. The number of rotatable bonds is 10. The predicted molar refractivity (Wildman–Crippen MR) is 138 cm³/mol. The number of ether oxygens (including phenoxy) is 1. The molecule has 1 fully saturated rings. The predicted octanol–water partition coefficient (Wildman–Crippen LogP) is 3.66. The lowest BCUT2D eigenvalue weighted by molar-refractivity contribution is -0.141. The lowest BCUT2D eigenvalue weighted by Gasteiger charge is -2.34. The smallest absolute Gasteiger partial charge is 0.305 e. The molecule has 10 nitrogen and oxygen atoms in total. The number of methoxy groups -OCH3 is 1. The summed E-state index contributed by atoms with van der Waals surface area (Å²) in [7, 11) is 1.37. The molecule has 1 unspecified atom stereocenters. The molecule has 3 heterocycles. The number of carboxylic acids is 1. The van der Waals surface area contributed by atoms with Crippen LogP contribution in [-0.2, 0) is 19.1 Å². The summed E-state index contributed by atoms with van der Waals surface area (Å²) in [5.74, 6) is -0.206. The largest absolute Gasteiger partial charge is 0.481 e. The van der Waals surface area contributed by atoms with Crippen molar-refractivity contribution >= 4 is 34.7 Å². The highest BCUT2D eigenvalue weighted by atomic mass is 16.5. The summed E-state index contributed by atoms with van der Waals surface area (Å²) in [6.45, 7) is 8.15. The van der Waals surface area contributed by atoms with Gasteiger partial charge < -0.3 is 30.2 Å². The van der Waals surface area contributed by atoms with E-state index in [1.165, 1.54) is 19.6 Å². The highest BCUT2D eigenvalue weighted by molar-refractivity contribution is 5.91. The van der Waals surface area contributed by atoms with Gasteiger partial charge in [-0.3, -0.25) is 14.4 Å². The van der Waals surface area contributed by atoms with E-state index in [4.69, 9.17) is 15.2 Å². The number of piperidine rings is 1. The monoisotopic (exact) mass is 504 g/mol. The number of H-pyrrole nitrogens is 1. The van der Waals surface area contributed by atoms with Gasteiger partial charge >= 0.3 is 11.9 Å². The standard InChI is InChI=1S/C22H32N4O3.C4H8O3/c1-15(2)26-12-10-16(11-13-26)17-14-23-18-8-9-19(25-22(17)18)24-20(27)6-4-5-7-21(28)29-3;1-3(5)2-4(6)7/h8-9,14-16,23H,4-7,10-13H2,1-3H3,(H,24,25,27);3,5H,2H2,1H3,(H,6,7). The van der Waals surface area contributed by atoms with Crippen molar-refractivity contribution in [2.45, 2.75) is 83.8 Å². The van der Waals surface area contributed by atoms with Crippen molar-refractivity contribution in [2.24, 2.45) is 0 Å². The maximum atomic E-state index is 12.2. The van der Waals surface area contributed by atoms with Gasteiger partial charge in [0.25, 0.3) is 0 Å². The number of pyridine rings is 1. The van der Waals surface area contributed by atoms with Crippen LogP contribution in [0.1, 0.15) is 77.2 Å². The molecular formula is C26H40N4O6. The van der Waals surface area contributed by atoms with Crippen LogP contribution in [0, 0.1) is 0 Å². The topological polar surface area (TPSA) is 145 Å². The highest BCUT2D eigenvalue weighted by Gasteiger charge is 2.24. The number of aromatic nitrogens is 2. The van der Waals surface area contributed by atoms with Crippen molar-refractivity contribution in [1.82, 2.24) is 14.9 Å². The van der Waals surface area contributed by atoms with E-state index >= 15 is 0 Å². The maximum absolute atomic E-state index is 12.2. The average molecular weight is 505 g/mol. The van der Waals surface area contributed by atoms with Gasteiger partial charge in [0.2, 0.25) is 5.91 Å². The van der Waals surface area contributed by atoms with Gasteiger partial charge in [-0.15, -0.1) is 0 Å². The molecular weight excluding hydrogens is 464 g/mol. The Balaban J connectivity index is 0.000000572. The number of anilines is 1. The number of unbranched alkanes of at least 4 members (excludes halogenated alkanes) is 1. The minimum atomic E-state index is -0.963. The molecule has 200 valence electrons. The minimum absolute atomic E-state index is 0.0796. The van der Waals surface area contributed by atoms with Gasteiger partial charge in [0.05, 0.1) is 30.7 Å². The molecule has 4 N–H and O–H groups in total. The van der Waals surface area contributed by atoms with E-state index in [0.29, 0.717) is 43.5 Å². The second kappa shape index (κ2) is 14.5. The van der Waals surface area contributed by atoms with Gasteiger partial charge in [0.1, 0.15) is 5.82 Å². The van der Waals surface area contributed by atoms with Crippen molar-refractivity contribution in [1.29, 1.82) is 0 Å². The number of fused-ring (bicyclic) bond motifs is 1. The molecule has 1 atom stereocenters. The Hall–Kier alpha value is -2.98. The number of carbonyl (C=O) groups is 3. The fourth-order valence-electron chi connectivity index (χ4n) is 4.24. The van der Waals surface area contributed by atoms with E-state index < -0.39 is 12.1 Å². The number of amides is 1. The van der Waals surface area contributed by atoms with Crippen LogP contribution in [0.5, 0.6) is 0 Å². The first-order chi connectivity index (χ1) is 17.1. The van der Waals surface area contributed by atoms with Crippen molar-refractivity contribution in [3.05, 3.63) is 23.9 Å². The van der Waals surface area contributed by atoms with Gasteiger partial charge in [0, 0.05) is 25.1 Å². The van der Waals surface area contributed by atoms with E-state index in [-0.39, 0.29) is 18.3 Å². The number of carboxylic acid groups (broad SMARTS) is 1. The Morgan fingerprint density at radius 3 is 2.39 bits per heavy atom. The van der Waals surface area contributed by atoms with Crippen LogP contribution in [-0.4, -0.2) is 75.3 Å².